The van der Waals surface area contributed by atoms with E-state index in [-0.39, 0.29) is 16.7 Å². The fourth-order valence-electron chi connectivity index (χ4n) is 1.81. The Hall–Kier alpha value is -1.73. The van der Waals surface area contributed by atoms with E-state index in [1.807, 2.05) is 0 Å². The summed E-state index contributed by atoms with van der Waals surface area (Å²) >= 11 is 1.14. The molecule has 2 rings (SSSR count). The summed E-state index contributed by atoms with van der Waals surface area (Å²) in [4.78, 5) is 23.5. The number of amides is 1. The molecule has 1 aliphatic rings. The average molecular weight is 281 g/mol. The molecule has 0 aromatic carbocycles. The van der Waals surface area contributed by atoms with Crippen LogP contribution in [0.1, 0.15) is 27.9 Å². The highest BCUT2D eigenvalue weighted by molar-refractivity contribution is 7.15. The van der Waals surface area contributed by atoms with Crippen molar-refractivity contribution >= 4 is 28.9 Å². The number of hydrogen-bond donors (Lipinski definition) is 3. The number of hydrogen-bond acceptors (Lipinski definition) is 5. The molecule has 3 N–H and O–H groups in total. The molecule has 1 saturated heterocycles. The SMILES string of the molecule is C/C(=N/NC(=O)C1CCNC1)c1ccc(C(=O)O)s1. The molecule has 1 unspecified atom stereocenters. The third-order valence-corrected chi connectivity index (χ3v) is 4.12. The molecular weight excluding hydrogens is 266 g/mol. The summed E-state index contributed by atoms with van der Waals surface area (Å²) in [7, 11) is 0. The van der Waals surface area contributed by atoms with Gasteiger partial charge in [0.15, 0.2) is 0 Å². The zero-order valence-corrected chi connectivity index (χ0v) is 11.3. The molecule has 2 heterocycles. The van der Waals surface area contributed by atoms with Crippen LogP contribution in [-0.2, 0) is 4.79 Å². The summed E-state index contributed by atoms with van der Waals surface area (Å²) in [6, 6.07) is 3.22. The molecule has 1 aliphatic heterocycles. The van der Waals surface area contributed by atoms with E-state index < -0.39 is 5.97 Å². The highest BCUT2D eigenvalue weighted by Crippen LogP contribution is 2.17. The van der Waals surface area contributed by atoms with Crippen LogP contribution in [0.5, 0.6) is 0 Å². The van der Waals surface area contributed by atoms with Crippen LogP contribution < -0.4 is 10.7 Å². The maximum absolute atomic E-state index is 11.7. The number of carbonyl (C=O) groups excluding carboxylic acids is 1. The van der Waals surface area contributed by atoms with Gasteiger partial charge in [0.1, 0.15) is 4.88 Å². The number of aromatic carboxylic acids is 1. The monoisotopic (exact) mass is 281 g/mol. The molecule has 0 aliphatic carbocycles. The Labute approximate surface area is 114 Å². The van der Waals surface area contributed by atoms with E-state index in [2.05, 4.69) is 15.8 Å². The summed E-state index contributed by atoms with van der Waals surface area (Å²) in [6.07, 6.45) is 0.822. The lowest BCUT2D eigenvalue weighted by atomic mass is 10.1. The molecule has 1 aromatic heterocycles. The van der Waals surface area contributed by atoms with Crippen molar-refractivity contribution in [2.45, 2.75) is 13.3 Å². The molecular formula is C12H15N3O3S. The topological polar surface area (TPSA) is 90.8 Å². The van der Waals surface area contributed by atoms with Crippen molar-refractivity contribution in [1.29, 1.82) is 0 Å². The van der Waals surface area contributed by atoms with Crippen LogP contribution in [0, 0.1) is 5.92 Å². The van der Waals surface area contributed by atoms with Crippen molar-refractivity contribution in [2.24, 2.45) is 11.0 Å². The van der Waals surface area contributed by atoms with Crippen molar-refractivity contribution in [3.8, 4) is 0 Å². The predicted octanol–water partition coefficient (Wildman–Crippen LogP) is 0.896. The minimum Gasteiger partial charge on any atom is -0.477 e. The number of carboxylic acid groups (broad SMARTS) is 1. The molecule has 7 heteroatoms. The van der Waals surface area contributed by atoms with Crippen molar-refractivity contribution in [2.75, 3.05) is 13.1 Å². The van der Waals surface area contributed by atoms with Gasteiger partial charge in [-0.15, -0.1) is 11.3 Å². The minimum atomic E-state index is -0.954. The van der Waals surface area contributed by atoms with Gasteiger partial charge >= 0.3 is 5.97 Å². The molecule has 1 amide bonds. The lowest BCUT2D eigenvalue weighted by molar-refractivity contribution is -0.124. The van der Waals surface area contributed by atoms with Gasteiger partial charge in [-0.05, 0) is 32.0 Å². The van der Waals surface area contributed by atoms with Crippen LogP contribution in [0.25, 0.3) is 0 Å². The molecule has 1 fully saturated rings. The van der Waals surface area contributed by atoms with Crippen LogP contribution in [0.4, 0.5) is 0 Å². The van der Waals surface area contributed by atoms with E-state index in [0.717, 1.165) is 29.2 Å². The second kappa shape index (κ2) is 5.94. The van der Waals surface area contributed by atoms with Gasteiger partial charge < -0.3 is 10.4 Å². The number of thiophene rings is 1. The van der Waals surface area contributed by atoms with Gasteiger partial charge in [-0.25, -0.2) is 10.2 Å². The maximum Gasteiger partial charge on any atom is 0.345 e. The Morgan fingerprint density at radius 3 is 2.79 bits per heavy atom. The zero-order chi connectivity index (χ0) is 13.8. The normalized spacial score (nSPS) is 19.4. The largest absolute Gasteiger partial charge is 0.477 e. The predicted molar refractivity (Wildman–Crippen MR) is 72.6 cm³/mol. The van der Waals surface area contributed by atoms with E-state index in [1.165, 1.54) is 6.07 Å². The summed E-state index contributed by atoms with van der Waals surface area (Å²) < 4.78 is 0. The van der Waals surface area contributed by atoms with Crippen molar-refractivity contribution in [3.05, 3.63) is 21.9 Å². The van der Waals surface area contributed by atoms with Crippen LogP contribution in [-0.4, -0.2) is 35.8 Å². The summed E-state index contributed by atoms with van der Waals surface area (Å²) in [5.41, 5.74) is 3.14. The van der Waals surface area contributed by atoms with Gasteiger partial charge in [-0.1, -0.05) is 0 Å². The molecule has 102 valence electrons. The maximum atomic E-state index is 11.7. The average Bonchev–Trinajstić information content (AvgIpc) is 3.05. The van der Waals surface area contributed by atoms with Gasteiger partial charge in [-0.3, -0.25) is 4.79 Å². The van der Waals surface area contributed by atoms with Crippen molar-refractivity contribution in [3.63, 3.8) is 0 Å². The Morgan fingerprint density at radius 2 is 2.21 bits per heavy atom. The van der Waals surface area contributed by atoms with E-state index in [9.17, 15) is 9.59 Å². The number of carboxylic acids is 1. The first kappa shape index (κ1) is 13.7. The molecule has 1 atom stereocenters. The summed E-state index contributed by atoms with van der Waals surface area (Å²) in [5, 5.41) is 16.0. The molecule has 0 saturated carbocycles. The highest BCUT2D eigenvalue weighted by Gasteiger charge is 2.22. The fraction of sp³-hybridized carbons (Fsp3) is 0.417. The number of rotatable bonds is 4. The van der Waals surface area contributed by atoms with Crippen LogP contribution in [0.2, 0.25) is 0 Å². The van der Waals surface area contributed by atoms with E-state index in [4.69, 9.17) is 5.11 Å². The summed E-state index contributed by atoms with van der Waals surface area (Å²) in [6.45, 7) is 3.28. The van der Waals surface area contributed by atoms with Gasteiger partial charge in [0.2, 0.25) is 5.91 Å². The molecule has 0 radical (unpaired) electrons. The Bertz CT molecular complexity index is 518. The smallest absolute Gasteiger partial charge is 0.345 e. The van der Waals surface area contributed by atoms with Crippen molar-refractivity contribution in [1.82, 2.24) is 10.7 Å². The van der Waals surface area contributed by atoms with E-state index in [0.29, 0.717) is 12.3 Å². The number of nitrogens with zero attached hydrogens (tertiary/aromatic N) is 1. The third kappa shape index (κ3) is 3.39. The lowest BCUT2D eigenvalue weighted by Gasteiger charge is -2.06. The standard InChI is InChI=1S/C12H15N3O3S/c1-7(9-2-3-10(19-9)12(17)18)14-15-11(16)8-4-5-13-6-8/h2-3,8,13H,4-6H2,1H3,(H,15,16)(H,17,18)/b14-7-. The third-order valence-electron chi connectivity index (χ3n) is 2.94. The quantitative estimate of drug-likeness (QED) is 0.565. The molecule has 0 spiro atoms. The second-order valence-electron chi connectivity index (χ2n) is 4.33. The second-order valence-corrected chi connectivity index (χ2v) is 5.42. The van der Waals surface area contributed by atoms with E-state index >= 15 is 0 Å². The van der Waals surface area contributed by atoms with Gasteiger partial charge in [0.25, 0.3) is 0 Å². The first-order valence-electron chi connectivity index (χ1n) is 5.96. The Morgan fingerprint density at radius 1 is 1.47 bits per heavy atom. The fourth-order valence-corrected chi connectivity index (χ4v) is 2.60. The van der Waals surface area contributed by atoms with E-state index in [1.54, 1.807) is 13.0 Å². The van der Waals surface area contributed by atoms with Crippen molar-refractivity contribution < 1.29 is 14.7 Å². The van der Waals surface area contributed by atoms with Crippen LogP contribution in [0.3, 0.4) is 0 Å². The number of hydrazone groups is 1. The van der Waals surface area contributed by atoms with Crippen LogP contribution in [0.15, 0.2) is 17.2 Å². The number of carbonyl (C=O) groups is 2. The van der Waals surface area contributed by atoms with Gasteiger partial charge in [0, 0.05) is 6.54 Å². The minimum absolute atomic E-state index is 0.0329. The van der Waals surface area contributed by atoms with Crippen LogP contribution >= 0.6 is 11.3 Å². The lowest BCUT2D eigenvalue weighted by Crippen LogP contribution is -2.29. The summed E-state index contributed by atoms with van der Waals surface area (Å²) in [5.74, 6) is -1.08. The number of nitrogens with one attached hydrogen (secondary N) is 2. The van der Waals surface area contributed by atoms with Gasteiger partial charge in [0.05, 0.1) is 16.5 Å². The highest BCUT2D eigenvalue weighted by atomic mass is 32.1. The Balaban J connectivity index is 1.97. The van der Waals surface area contributed by atoms with Gasteiger partial charge in [-0.2, -0.15) is 5.10 Å². The first-order chi connectivity index (χ1) is 9.08. The molecule has 0 bridgehead atoms. The molecule has 1 aromatic rings. The molecule has 19 heavy (non-hydrogen) atoms. The molecule has 6 nitrogen and oxygen atoms in total. The Kier molecular flexibility index (Phi) is 4.28. The zero-order valence-electron chi connectivity index (χ0n) is 10.5. The first-order valence-corrected chi connectivity index (χ1v) is 6.78.